The second kappa shape index (κ2) is 8.32. The highest BCUT2D eigenvalue weighted by Gasteiger charge is 2.34. The van der Waals surface area contributed by atoms with Crippen molar-refractivity contribution >= 4 is 17.7 Å². The van der Waals surface area contributed by atoms with Gasteiger partial charge in [-0.05, 0) is 43.2 Å². The molecule has 1 aliphatic rings. The van der Waals surface area contributed by atoms with Gasteiger partial charge in [-0.15, -0.1) is 0 Å². The third-order valence-corrected chi connectivity index (χ3v) is 5.24. The number of hydrogen-bond acceptors (Lipinski definition) is 4. The summed E-state index contributed by atoms with van der Waals surface area (Å²) >= 11 is 0. The minimum absolute atomic E-state index is 0.113. The van der Waals surface area contributed by atoms with Crippen molar-refractivity contribution in [2.45, 2.75) is 25.8 Å². The predicted octanol–water partition coefficient (Wildman–Crippen LogP) is 3.13. The van der Waals surface area contributed by atoms with E-state index in [9.17, 15) is 14.4 Å². The summed E-state index contributed by atoms with van der Waals surface area (Å²) in [6.45, 7) is 2.15. The van der Waals surface area contributed by atoms with E-state index in [-0.39, 0.29) is 36.7 Å². The number of hydrogen-bond donors (Lipinski definition) is 1. The molecule has 0 radical (unpaired) electrons. The van der Waals surface area contributed by atoms with Gasteiger partial charge in [0.25, 0.3) is 11.8 Å². The third kappa shape index (κ3) is 3.87. The van der Waals surface area contributed by atoms with Crippen LogP contribution in [0.2, 0.25) is 0 Å². The smallest absolute Gasteiger partial charge is 0.261 e. The fraction of sp³-hybridized carbons (Fsp3) is 0.217. The zero-order chi connectivity index (χ0) is 21.1. The fourth-order valence-corrected chi connectivity index (χ4v) is 3.58. The molecular formula is C23H22N4O3. The number of imidazole rings is 1. The van der Waals surface area contributed by atoms with Crippen molar-refractivity contribution in [3.8, 4) is 5.69 Å². The molecule has 0 bridgehead atoms. The van der Waals surface area contributed by atoms with Gasteiger partial charge in [0.2, 0.25) is 5.91 Å². The highest BCUT2D eigenvalue weighted by atomic mass is 16.2. The second-order valence-corrected chi connectivity index (χ2v) is 7.26. The first-order valence-corrected chi connectivity index (χ1v) is 9.87. The van der Waals surface area contributed by atoms with E-state index in [0.717, 1.165) is 11.3 Å². The molecular weight excluding hydrogens is 380 g/mol. The van der Waals surface area contributed by atoms with E-state index in [1.807, 2.05) is 42.0 Å². The normalized spacial score (nSPS) is 14.0. The van der Waals surface area contributed by atoms with Gasteiger partial charge in [0.1, 0.15) is 0 Å². The highest BCUT2D eigenvalue weighted by Crippen LogP contribution is 2.22. The lowest BCUT2D eigenvalue weighted by molar-refractivity contribution is -0.121. The summed E-state index contributed by atoms with van der Waals surface area (Å²) in [6, 6.07) is 14.5. The van der Waals surface area contributed by atoms with Crippen molar-refractivity contribution in [3.63, 3.8) is 0 Å². The van der Waals surface area contributed by atoms with Gasteiger partial charge < -0.3 is 9.88 Å². The zero-order valence-electron chi connectivity index (χ0n) is 16.6. The summed E-state index contributed by atoms with van der Waals surface area (Å²) in [5.74, 6) is -0.692. The number of rotatable bonds is 7. The summed E-state index contributed by atoms with van der Waals surface area (Å²) in [5, 5.41) is 2.97. The Balaban J connectivity index is 1.27. The van der Waals surface area contributed by atoms with Crippen molar-refractivity contribution in [2.75, 3.05) is 6.54 Å². The van der Waals surface area contributed by atoms with Gasteiger partial charge >= 0.3 is 0 Å². The van der Waals surface area contributed by atoms with Crippen LogP contribution in [0, 0.1) is 0 Å². The van der Waals surface area contributed by atoms with Crippen LogP contribution in [0.5, 0.6) is 0 Å². The zero-order valence-corrected chi connectivity index (χ0v) is 16.6. The van der Waals surface area contributed by atoms with E-state index in [0.29, 0.717) is 17.5 Å². The van der Waals surface area contributed by atoms with E-state index in [2.05, 4.69) is 10.3 Å². The molecule has 30 heavy (non-hydrogen) atoms. The number of amides is 3. The number of carbonyl (C=O) groups is 3. The Hall–Kier alpha value is -3.74. The largest absolute Gasteiger partial charge is 0.350 e. The Morgan fingerprint density at radius 3 is 2.30 bits per heavy atom. The van der Waals surface area contributed by atoms with Crippen LogP contribution in [-0.2, 0) is 4.79 Å². The lowest BCUT2D eigenvalue weighted by atomic mass is 10.1. The van der Waals surface area contributed by atoms with E-state index < -0.39 is 0 Å². The molecule has 1 unspecified atom stereocenters. The molecule has 0 saturated heterocycles. The standard InChI is InChI=1S/C23H22N4O3/c1-16(17-8-10-18(11-9-17)26-14-12-24-15-26)25-21(28)7-4-13-27-22(29)19-5-2-3-6-20(19)23(27)30/h2-3,5-6,8-12,14-16H,4,7,13H2,1H3,(H,25,28). The van der Waals surface area contributed by atoms with Gasteiger partial charge in [0, 0.05) is 31.0 Å². The molecule has 1 aromatic heterocycles. The quantitative estimate of drug-likeness (QED) is 0.616. The van der Waals surface area contributed by atoms with Gasteiger partial charge in [-0.3, -0.25) is 19.3 Å². The molecule has 1 aliphatic heterocycles. The Morgan fingerprint density at radius 2 is 1.70 bits per heavy atom. The minimum Gasteiger partial charge on any atom is -0.350 e. The molecule has 3 amide bonds. The number of aromatic nitrogens is 2. The first-order chi connectivity index (χ1) is 14.5. The van der Waals surface area contributed by atoms with Crippen molar-refractivity contribution in [1.29, 1.82) is 0 Å². The van der Waals surface area contributed by atoms with E-state index >= 15 is 0 Å². The maximum Gasteiger partial charge on any atom is 0.261 e. The summed E-state index contributed by atoms with van der Waals surface area (Å²) in [7, 11) is 0. The van der Waals surface area contributed by atoms with Gasteiger partial charge in [-0.25, -0.2) is 4.98 Å². The lowest BCUT2D eigenvalue weighted by Crippen LogP contribution is -2.32. The number of nitrogens with one attached hydrogen (secondary N) is 1. The molecule has 1 N–H and O–H groups in total. The average Bonchev–Trinajstić information content (AvgIpc) is 3.38. The van der Waals surface area contributed by atoms with Crippen LogP contribution in [0.1, 0.15) is 52.1 Å². The maximum absolute atomic E-state index is 12.4. The van der Waals surface area contributed by atoms with Gasteiger partial charge in [0.15, 0.2) is 0 Å². The number of carbonyl (C=O) groups excluding carboxylic acids is 3. The molecule has 0 aliphatic carbocycles. The summed E-state index contributed by atoms with van der Waals surface area (Å²) in [6.07, 6.45) is 5.98. The van der Waals surface area contributed by atoms with Gasteiger partial charge in [-0.2, -0.15) is 0 Å². The molecule has 0 spiro atoms. The van der Waals surface area contributed by atoms with E-state index in [4.69, 9.17) is 0 Å². The molecule has 1 atom stereocenters. The monoisotopic (exact) mass is 402 g/mol. The first kappa shape index (κ1) is 19.6. The number of fused-ring (bicyclic) bond motifs is 1. The molecule has 0 saturated carbocycles. The van der Waals surface area contributed by atoms with Crippen LogP contribution < -0.4 is 5.32 Å². The van der Waals surface area contributed by atoms with Crippen LogP contribution in [-0.4, -0.2) is 38.7 Å². The van der Waals surface area contributed by atoms with Crippen molar-refractivity contribution in [1.82, 2.24) is 19.8 Å². The van der Waals surface area contributed by atoms with Crippen molar-refractivity contribution in [2.24, 2.45) is 0 Å². The average molecular weight is 402 g/mol. The Labute approximate surface area is 174 Å². The highest BCUT2D eigenvalue weighted by molar-refractivity contribution is 6.21. The molecule has 7 nitrogen and oxygen atoms in total. The number of benzene rings is 2. The maximum atomic E-state index is 12.4. The molecule has 0 fully saturated rings. The Kier molecular flexibility index (Phi) is 5.43. The van der Waals surface area contributed by atoms with Crippen LogP contribution in [0.15, 0.2) is 67.3 Å². The minimum atomic E-state index is -0.289. The molecule has 3 aromatic rings. The third-order valence-electron chi connectivity index (χ3n) is 5.24. The molecule has 152 valence electrons. The summed E-state index contributed by atoms with van der Waals surface area (Å²) in [5.41, 5.74) is 2.85. The molecule has 2 heterocycles. The second-order valence-electron chi connectivity index (χ2n) is 7.26. The Morgan fingerprint density at radius 1 is 1.03 bits per heavy atom. The molecule has 4 rings (SSSR count). The fourth-order valence-electron chi connectivity index (χ4n) is 3.58. The molecule has 2 aromatic carbocycles. The lowest BCUT2D eigenvalue weighted by Gasteiger charge is -2.16. The first-order valence-electron chi connectivity index (χ1n) is 9.87. The topological polar surface area (TPSA) is 84.3 Å². The van der Waals surface area contributed by atoms with E-state index in [1.165, 1.54) is 4.90 Å². The van der Waals surface area contributed by atoms with Gasteiger partial charge in [0.05, 0.1) is 23.5 Å². The van der Waals surface area contributed by atoms with Crippen LogP contribution in [0.25, 0.3) is 5.69 Å². The van der Waals surface area contributed by atoms with Gasteiger partial charge in [-0.1, -0.05) is 24.3 Å². The number of nitrogens with zero attached hydrogens (tertiary/aromatic N) is 3. The van der Waals surface area contributed by atoms with Crippen molar-refractivity contribution < 1.29 is 14.4 Å². The van der Waals surface area contributed by atoms with Crippen LogP contribution >= 0.6 is 0 Å². The summed E-state index contributed by atoms with van der Waals surface area (Å²) < 4.78 is 1.91. The van der Waals surface area contributed by atoms with Crippen LogP contribution in [0.4, 0.5) is 0 Å². The SMILES string of the molecule is CC(NC(=O)CCCN1C(=O)c2ccccc2C1=O)c1ccc(-n2ccnc2)cc1. The molecule has 7 heteroatoms. The van der Waals surface area contributed by atoms with Crippen LogP contribution in [0.3, 0.4) is 0 Å². The Bertz CT molecular complexity index is 1040. The summed E-state index contributed by atoms with van der Waals surface area (Å²) in [4.78, 5) is 42.3. The van der Waals surface area contributed by atoms with E-state index in [1.54, 1.807) is 36.8 Å². The predicted molar refractivity (Wildman–Crippen MR) is 111 cm³/mol. The van der Waals surface area contributed by atoms with Crippen molar-refractivity contribution in [3.05, 3.63) is 83.9 Å². The number of imide groups is 1.